The predicted octanol–water partition coefficient (Wildman–Crippen LogP) is 1.23. The lowest BCUT2D eigenvalue weighted by atomic mass is 10.0. The van der Waals surface area contributed by atoms with E-state index >= 15 is 0 Å². The van der Waals surface area contributed by atoms with Crippen LogP contribution in [0.5, 0.6) is 0 Å². The van der Waals surface area contributed by atoms with Crippen LogP contribution in [0.4, 0.5) is 0 Å². The first-order chi connectivity index (χ1) is 7.16. The fraction of sp³-hybridized carbons (Fsp3) is 0.333. The van der Waals surface area contributed by atoms with Crippen molar-refractivity contribution in [2.75, 3.05) is 7.05 Å². The van der Waals surface area contributed by atoms with E-state index in [9.17, 15) is 10.2 Å². The minimum absolute atomic E-state index is 0.579. The maximum atomic E-state index is 9.20. The molecule has 0 aromatic rings. The summed E-state index contributed by atoms with van der Waals surface area (Å²) in [5.41, 5.74) is 2.46. The molecule has 0 heterocycles. The second-order valence-electron chi connectivity index (χ2n) is 3.37. The summed E-state index contributed by atoms with van der Waals surface area (Å²) in [6.45, 7) is 1.89. The molecule has 3 heteroatoms. The zero-order valence-electron chi connectivity index (χ0n) is 9.07. The maximum absolute atomic E-state index is 9.20. The SMILES string of the molecule is CN/C=C\C1=C(C)C(C(O)O)=CCC=C1. The summed E-state index contributed by atoms with van der Waals surface area (Å²) >= 11 is 0. The third kappa shape index (κ3) is 3.08. The first-order valence-corrected chi connectivity index (χ1v) is 4.94. The van der Waals surface area contributed by atoms with Gasteiger partial charge in [-0.15, -0.1) is 0 Å². The van der Waals surface area contributed by atoms with Crippen LogP contribution >= 0.6 is 0 Å². The van der Waals surface area contributed by atoms with E-state index in [4.69, 9.17) is 0 Å². The molecule has 82 valence electrons. The molecule has 0 unspecified atom stereocenters. The lowest BCUT2D eigenvalue weighted by Crippen LogP contribution is -2.10. The fourth-order valence-electron chi connectivity index (χ4n) is 1.49. The second kappa shape index (κ2) is 5.53. The van der Waals surface area contributed by atoms with Crippen molar-refractivity contribution in [1.82, 2.24) is 5.32 Å². The van der Waals surface area contributed by atoms with Gasteiger partial charge in [0.05, 0.1) is 0 Å². The zero-order valence-corrected chi connectivity index (χ0v) is 9.07. The van der Waals surface area contributed by atoms with Gasteiger partial charge in [0.2, 0.25) is 0 Å². The molecule has 3 nitrogen and oxygen atoms in total. The molecule has 0 aromatic carbocycles. The lowest BCUT2D eigenvalue weighted by Gasteiger charge is -2.11. The van der Waals surface area contributed by atoms with Crippen molar-refractivity contribution >= 4 is 0 Å². The monoisotopic (exact) mass is 207 g/mol. The van der Waals surface area contributed by atoms with Gasteiger partial charge in [0.15, 0.2) is 6.29 Å². The summed E-state index contributed by atoms with van der Waals surface area (Å²) in [7, 11) is 1.82. The summed E-state index contributed by atoms with van der Waals surface area (Å²) in [5.74, 6) is 0. The number of hydrogen-bond acceptors (Lipinski definition) is 3. The number of hydrogen-bond donors (Lipinski definition) is 3. The molecule has 15 heavy (non-hydrogen) atoms. The lowest BCUT2D eigenvalue weighted by molar-refractivity contribution is -0.00608. The molecule has 0 aromatic heterocycles. The maximum Gasteiger partial charge on any atom is 0.178 e. The quantitative estimate of drug-likeness (QED) is 0.610. The summed E-state index contributed by atoms with van der Waals surface area (Å²) in [4.78, 5) is 0. The van der Waals surface area contributed by atoms with Crippen LogP contribution in [0.2, 0.25) is 0 Å². The van der Waals surface area contributed by atoms with E-state index in [-0.39, 0.29) is 0 Å². The van der Waals surface area contributed by atoms with Gasteiger partial charge in [0, 0.05) is 12.6 Å². The minimum Gasteiger partial charge on any atom is -0.394 e. The first kappa shape index (κ1) is 11.8. The van der Waals surface area contributed by atoms with Crippen LogP contribution in [-0.2, 0) is 0 Å². The van der Waals surface area contributed by atoms with Crippen LogP contribution in [0.25, 0.3) is 0 Å². The van der Waals surface area contributed by atoms with E-state index in [1.165, 1.54) is 0 Å². The normalized spacial score (nSPS) is 17.3. The van der Waals surface area contributed by atoms with E-state index in [0.717, 1.165) is 17.6 Å². The molecule has 0 fully saturated rings. The molecule has 3 N–H and O–H groups in total. The average molecular weight is 207 g/mol. The Morgan fingerprint density at radius 1 is 1.47 bits per heavy atom. The second-order valence-corrected chi connectivity index (χ2v) is 3.37. The molecular formula is C12H17NO2. The summed E-state index contributed by atoms with van der Waals surface area (Å²) < 4.78 is 0. The summed E-state index contributed by atoms with van der Waals surface area (Å²) in [5, 5.41) is 21.3. The number of aliphatic hydroxyl groups is 2. The molecule has 1 aliphatic carbocycles. The van der Waals surface area contributed by atoms with Crippen molar-refractivity contribution in [3.8, 4) is 0 Å². The van der Waals surface area contributed by atoms with Gasteiger partial charge in [-0.1, -0.05) is 18.2 Å². The standard InChI is InChI=1S/C12H17NO2/c1-9-10(7-8-13-2)5-3-4-6-11(9)12(14)15/h3,5-8,12-15H,4H2,1-2H3/b8-7-. The highest BCUT2D eigenvalue weighted by atomic mass is 16.5. The van der Waals surface area contributed by atoms with Crippen molar-refractivity contribution in [2.45, 2.75) is 19.6 Å². The van der Waals surface area contributed by atoms with Crippen molar-refractivity contribution in [3.05, 3.63) is 47.2 Å². The van der Waals surface area contributed by atoms with Gasteiger partial charge < -0.3 is 15.5 Å². The smallest absolute Gasteiger partial charge is 0.178 e. The average Bonchev–Trinajstić information content (AvgIpc) is 2.37. The van der Waals surface area contributed by atoms with Crippen LogP contribution in [0, 0.1) is 0 Å². The Labute approximate surface area is 90.1 Å². The van der Waals surface area contributed by atoms with Crippen LogP contribution in [0.1, 0.15) is 13.3 Å². The highest BCUT2D eigenvalue weighted by Crippen LogP contribution is 2.22. The van der Waals surface area contributed by atoms with Gasteiger partial charge in [-0.2, -0.15) is 0 Å². The molecule has 0 spiro atoms. The van der Waals surface area contributed by atoms with E-state index in [1.807, 2.05) is 44.5 Å². The van der Waals surface area contributed by atoms with Gasteiger partial charge in [-0.05, 0) is 36.8 Å². The Balaban J connectivity index is 3.04. The summed E-state index contributed by atoms with van der Waals surface area (Å²) in [6, 6.07) is 0. The van der Waals surface area contributed by atoms with E-state index in [2.05, 4.69) is 5.32 Å². The molecule has 0 saturated heterocycles. The van der Waals surface area contributed by atoms with Gasteiger partial charge in [-0.25, -0.2) is 0 Å². The molecular weight excluding hydrogens is 190 g/mol. The number of rotatable bonds is 3. The Bertz CT molecular complexity index is 336. The Hall–Kier alpha value is -1.32. The van der Waals surface area contributed by atoms with Gasteiger partial charge in [0.1, 0.15) is 0 Å². The summed E-state index contributed by atoms with van der Waals surface area (Å²) in [6.07, 6.45) is 8.85. The molecule has 0 atom stereocenters. The molecule has 0 amide bonds. The highest BCUT2D eigenvalue weighted by Gasteiger charge is 2.12. The third-order valence-corrected chi connectivity index (χ3v) is 2.35. The van der Waals surface area contributed by atoms with Crippen LogP contribution in [-0.4, -0.2) is 23.6 Å². The molecule has 0 saturated carbocycles. The van der Waals surface area contributed by atoms with Crippen molar-refractivity contribution in [1.29, 1.82) is 0 Å². The fourth-order valence-corrected chi connectivity index (χ4v) is 1.49. The Morgan fingerprint density at radius 3 is 2.80 bits per heavy atom. The van der Waals surface area contributed by atoms with Crippen molar-refractivity contribution < 1.29 is 10.2 Å². The molecule has 0 bridgehead atoms. The number of aliphatic hydroxyl groups excluding tert-OH is 1. The van der Waals surface area contributed by atoms with Gasteiger partial charge in [0.25, 0.3) is 0 Å². The third-order valence-electron chi connectivity index (χ3n) is 2.35. The molecule has 0 radical (unpaired) electrons. The first-order valence-electron chi connectivity index (χ1n) is 4.94. The molecule has 0 aliphatic heterocycles. The van der Waals surface area contributed by atoms with Gasteiger partial charge in [-0.3, -0.25) is 0 Å². The minimum atomic E-state index is -1.40. The Morgan fingerprint density at radius 2 is 2.20 bits per heavy atom. The van der Waals surface area contributed by atoms with Crippen LogP contribution < -0.4 is 5.32 Å². The number of nitrogens with one attached hydrogen (secondary N) is 1. The highest BCUT2D eigenvalue weighted by molar-refractivity contribution is 5.47. The molecule has 1 rings (SSSR count). The van der Waals surface area contributed by atoms with Crippen LogP contribution in [0.15, 0.2) is 47.2 Å². The van der Waals surface area contributed by atoms with Crippen LogP contribution in [0.3, 0.4) is 0 Å². The largest absolute Gasteiger partial charge is 0.394 e. The van der Waals surface area contributed by atoms with E-state index < -0.39 is 6.29 Å². The van der Waals surface area contributed by atoms with E-state index in [0.29, 0.717) is 5.57 Å². The van der Waals surface area contributed by atoms with E-state index in [1.54, 1.807) is 0 Å². The topological polar surface area (TPSA) is 52.5 Å². The van der Waals surface area contributed by atoms with Gasteiger partial charge >= 0.3 is 0 Å². The predicted molar refractivity (Wildman–Crippen MR) is 61.0 cm³/mol. The zero-order chi connectivity index (χ0) is 11.3. The molecule has 1 aliphatic rings. The van der Waals surface area contributed by atoms with Crippen molar-refractivity contribution in [3.63, 3.8) is 0 Å². The number of allylic oxidation sites excluding steroid dienone is 5. The Kier molecular flexibility index (Phi) is 4.34. The van der Waals surface area contributed by atoms with Crippen molar-refractivity contribution in [2.24, 2.45) is 0 Å².